The molecule has 114 valence electrons. The Hall–Kier alpha value is -2.26. The highest BCUT2D eigenvalue weighted by molar-refractivity contribution is 7.14. The molecular formula is C13H14N6OS2. The molecule has 3 aromatic rings. The Morgan fingerprint density at radius 1 is 1.45 bits per heavy atom. The molecule has 0 aliphatic heterocycles. The summed E-state index contributed by atoms with van der Waals surface area (Å²) < 4.78 is 6.00. The van der Waals surface area contributed by atoms with Gasteiger partial charge >= 0.3 is 6.03 Å². The summed E-state index contributed by atoms with van der Waals surface area (Å²) in [6.07, 6.45) is 1.75. The minimum absolute atomic E-state index is 0.308. The monoisotopic (exact) mass is 334 g/mol. The normalized spacial score (nSPS) is 10.6. The molecule has 2 amide bonds. The van der Waals surface area contributed by atoms with Crippen molar-refractivity contribution in [1.82, 2.24) is 24.5 Å². The smallest absolute Gasteiger partial charge is 0.321 e. The van der Waals surface area contributed by atoms with Crippen LogP contribution in [-0.4, -0.2) is 25.2 Å². The summed E-state index contributed by atoms with van der Waals surface area (Å²) in [7, 11) is 1.87. The van der Waals surface area contributed by atoms with Crippen molar-refractivity contribution in [1.29, 1.82) is 0 Å². The fraction of sp³-hybridized carbons (Fsp3) is 0.231. The first-order valence-corrected chi connectivity index (χ1v) is 8.18. The van der Waals surface area contributed by atoms with E-state index in [1.54, 1.807) is 22.2 Å². The summed E-state index contributed by atoms with van der Waals surface area (Å²) in [5.41, 5.74) is 2.00. The van der Waals surface area contributed by atoms with Crippen LogP contribution in [0.25, 0.3) is 10.7 Å². The van der Waals surface area contributed by atoms with E-state index >= 15 is 0 Å². The number of nitrogens with one attached hydrogen (secondary N) is 2. The minimum Gasteiger partial charge on any atom is -0.334 e. The molecule has 0 saturated carbocycles. The van der Waals surface area contributed by atoms with Crippen LogP contribution >= 0.6 is 22.9 Å². The number of nitrogens with zero attached hydrogens (tertiary/aromatic N) is 4. The SMILES string of the molecule is Cc1c(CNC(=O)Nc2nc(-c3cccs3)ns2)cnn1C. The van der Waals surface area contributed by atoms with Gasteiger partial charge in [-0.25, -0.2) is 4.79 Å². The molecule has 0 fully saturated rings. The molecule has 0 saturated heterocycles. The zero-order chi connectivity index (χ0) is 15.5. The van der Waals surface area contributed by atoms with Gasteiger partial charge in [-0.1, -0.05) is 6.07 Å². The van der Waals surface area contributed by atoms with Crippen molar-refractivity contribution >= 4 is 34.0 Å². The fourth-order valence-electron chi connectivity index (χ4n) is 1.81. The van der Waals surface area contributed by atoms with Gasteiger partial charge in [-0.15, -0.1) is 11.3 Å². The minimum atomic E-state index is -0.308. The van der Waals surface area contributed by atoms with Gasteiger partial charge in [0.2, 0.25) is 5.13 Å². The van der Waals surface area contributed by atoms with Crippen LogP contribution in [0.3, 0.4) is 0 Å². The second-order valence-electron chi connectivity index (χ2n) is 4.59. The lowest BCUT2D eigenvalue weighted by molar-refractivity contribution is 0.251. The lowest BCUT2D eigenvalue weighted by atomic mass is 10.2. The number of aryl methyl sites for hydroxylation is 1. The van der Waals surface area contributed by atoms with Gasteiger partial charge in [0.1, 0.15) is 0 Å². The van der Waals surface area contributed by atoms with E-state index in [9.17, 15) is 4.79 Å². The van der Waals surface area contributed by atoms with Crippen molar-refractivity contribution in [2.45, 2.75) is 13.5 Å². The fourth-order valence-corrected chi connectivity index (χ4v) is 3.11. The molecule has 9 heteroatoms. The van der Waals surface area contributed by atoms with Crippen LogP contribution in [0.1, 0.15) is 11.3 Å². The van der Waals surface area contributed by atoms with E-state index in [1.165, 1.54) is 0 Å². The quantitative estimate of drug-likeness (QED) is 0.768. The van der Waals surface area contributed by atoms with E-state index in [-0.39, 0.29) is 6.03 Å². The number of anilines is 1. The summed E-state index contributed by atoms with van der Waals surface area (Å²) in [5.74, 6) is 0.637. The number of urea groups is 1. The van der Waals surface area contributed by atoms with Crippen LogP contribution in [0, 0.1) is 6.92 Å². The van der Waals surface area contributed by atoms with Crippen molar-refractivity contribution in [3.05, 3.63) is 35.0 Å². The van der Waals surface area contributed by atoms with E-state index in [2.05, 4.69) is 25.1 Å². The Labute approximate surface area is 135 Å². The van der Waals surface area contributed by atoms with Crippen molar-refractivity contribution in [2.75, 3.05) is 5.32 Å². The zero-order valence-electron chi connectivity index (χ0n) is 12.0. The maximum atomic E-state index is 11.9. The highest BCUT2D eigenvalue weighted by Crippen LogP contribution is 2.24. The second kappa shape index (κ2) is 6.24. The Balaban J connectivity index is 1.57. The van der Waals surface area contributed by atoms with E-state index in [1.807, 2.05) is 31.5 Å². The van der Waals surface area contributed by atoms with E-state index < -0.39 is 0 Å². The number of aromatic nitrogens is 4. The molecule has 0 unspecified atom stereocenters. The van der Waals surface area contributed by atoms with Gasteiger partial charge in [-0.3, -0.25) is 10.00 Å². The van der Waals surface area contributed by atoms with Crippen LogP contribution in [-0.2, 0) is 13.6 Å². The number of hydrogen-bond donors (Lipinski definition) is 2. The third-order valence-corrected chi connectivity index (χ3v) is 4.66. The number of carbonyl (C=O) groups excluding carboxylic acids is 1. The molecule has 3 aromatic heterocycles. The van der Waals surface area contributed by atoms with Gasteiger partial charge in [0.25, 0.3) is 0 Å². The molecule has 2 N–H and O–H groups in total. The summed E-state index contributed by atoms with van der Waals surface area (Å²) in [6.45, 7) is 2.38. The van der Waals surface area contributed by atoms with Gasteiger partial charge in [0, 0.05) is 36.4 Å². The molecule has 0 atom stereocenters. The first-order valence-electron chi connectivity index (χ1n) is 6.53. The Kier molecular flexibility index (Phi) is 4.16. The number of hydrogen-bond acceptors (Lipinski definition) is 6. The standard InChI is InChI=1S/C13H14N6OS2/c1-8-9(7-15-19(8)2)6-14-12(20)17-13-16-11(18-22-13)10-4-3-5-21-10/h3-5,7H,6H2,1-2H3,(H2,14,16,17,18,20). The van der Waals surface area contributed by atoms with Crippen molar-refractivity contribution < 1.29 is 4.79 Å². The van der Waals surface area contributed by atoms with Crippen LogP contribution in [0.5, 0.6) is 0 Å². The highest BCUT2D eigenvalue weighted by Gasteiger charge is 2.11. The van der Waals surface area contributed by atoms with Gasteiger partial charge in [0.15, 0.2) is 5.82 Å². The zero-order valence-corrected chi connectivity index (χ0v) is 13.7. The molecule has 22 heavy (non-hydrogen) atoms. The number of thiophene rings is 1. The average molecular weight is 334 g/mol. The van der Waals surface area contributed by atoms with Crippen molar-refractivity contribution in [2.24, 2.45) is 7.05 Å². The Bertz CT molecular complexity index is 776. The second-order valence-corrected chi connectivity index (χ2v) is 6.29. The highest BCUT2D eigenvalue weighted by atomic mass is 32.1. The molecule has 3 rings (SSSR count). The lowest BCUT2D eigenvalue weighted by Crippen LogP contribution is -2.28. The summed E-state index contributed by atoms with van der Waals surface area (Å²) >= 11 is 2.73. The molecule has 0 aliphatic rings. The summed E-state index contributed by atoms with van der Waals surface area (Å²) in [5, 5.41) is 12.1. The molecule has 7 nitrogen and oxygen atoms in total. The Morgan fingerprint density at radius 2 is 2.32 bits per heavy atom. The van der Waals surface area contributed by atoms with Gasteiger partial charge in [-0.2, -0.15) is 14.5 Å². The van der Waals surface area contributed by atoms with E-state index in [0.717, 1.165) is 27.7 Å². The lowest BCUT2D eigenvalue weighted by Gasteiger charge is -2.04. The number of rotatable bonds is 4. The van der Waals surface area contributed by atoms with Gasteiger partial charge in [-0.05, 0) is 18.4 Å². The summed E-state index contributed by atoms with van der Waals surface area (Å²) in [4.78, 5) is 17.2. The molecule has 0 aliphatic carbocycles. The third kappa shape index (κ3) is 3.15. The molecule has 0 spiro atoms. The van der Waals surface area contributed by atoms with E-state index in [4.69, 9.17) is 0 Å². The maximum absolute atomic E-state index is 11.9. The van der Waals surface area contributed by atoms with Crippen molar-refractivity contribution in [3.63, 3.8) is 0 Å². The van der Waals surface area contributed by atoms with Crippen LogP contribution < -0.4 is 10.6 Å². The maximum Gasteiger partial charge on any atom is 0.321 e. The predicted octanol–water partition coefficient (Wildman–Crippen LogP) is 2.63. The predicted molar refractivity (Wildman–Crippen MR) is 87.0 cm³/mol. The Morgan fingerprint density at radius 3 is 3.00 bits per heavy atom. The third-order valence-electron chi connectivity index (χ3n) is 3.16. The topological polar surface area (TPSA) is 84.7 Å². The van der Waals surface area contributed by atoms with Crippen LogP contribution in [0.15, 0.2) is 23.7 Å². The number of amides is 2. The van der Waals surface area contributed by atoms with Gasteiger partial charge in [0.05, 0.1) is 11.1 Å². The molecule has 0 radical (unpaired) electrons. The first-order chi connectivity index (χ1) is 10.6. The van der Waals surface area contributed by atoms with Crippen molar-refractivity contribution in [3.8, 4) is 10.7 Å². The first kappa shape index (κ1) is 14.7. The van der Waals surface area contributed by atoms with Crippen LogP contribution in [0.2, 0.25) is 0 Å². The molecule has 3 heterocycles. The number of carbonyl (C=O) groups is 1. The largest absolute Gasteiger partial charge is 0.334 e. The van der Waals surface area contributed by atoms with E-state index in [0.29, 0.717) is 17.5 Å². The van der Waals surface area contributed by atoms with Gasteiger partial charge < -0.3 is 5.32 Å². The molecule has 0 bridgehead atoms. The molecule has 0 aromatic carbocycles. The molecular weight excluding hydrogens is 320 g/mol. The van der Waals surface area contributed by atoms with Crippen LogP contribution in [0.4, 0.5) is 9.93 Å². The summed E-state index contributed by atoms with van der Waals surface area (Å²) in [6, 6.07) is 3.58. The average Bonchev–Trinajstić information content (AvgIpc) is 3.21.